The molecule has 1 aliphatic carbocycles. The average molecular weight is 153 g/mol. The van der Waals surface area contributed by atoms with Crippen LogP contribution in [0.1, 0.15) is 33.6 Å². The highest BCUT2D eigenvalue weighted by Gasteiger charge is 2.53. The first-order chi connectivity index (χ1) is 5.06. The van der Waals surface area contributed by atoms with E-state index in [1.165, 1.54) is 25.9 Å². The van der Waals surface area contributed by atoms with Crippen LogP contribution in [0.3, 0.4) is 0 Å². The minimum Gasteiger partial charge on any atom is -0.316 e. The molecule has 0 amide bonds. The molecule has 1 aliphatic heterocycles. The topological polar surface area (TPSA) is 12.0 Å². The van der Waals surface area contributed by atoms with Crippen LogP contribution >= 0.6 is 0 Å². The van der Waals surface area contributed by atoms with Gasteiger partial charge in [0.15, 0.2) is 0 Å². The molecule has 0 aromatic carbocycles. The third-order valence-corrected chi connectivity index (χ3v) is 4.53. The lowest BCUT2D eigenvalue weighted by atomic mass is 9.64. The second-order valence-electron chi connectivity index (χ2n) is 5.15. The molecule has 1 heterocycles. The van der Waals surface area contributed by atoms with Gasteiger partial charge in [-0.05, 0) is 36.1 Å². The van der Waals surface area contributed by atoms with Crippen LogP contribution in [0.15, 0.2) is 0 Å². The monoisotopic (exact) mass is 153 g/mol. The van der Waals surface area contributed by atoms with Crippen molar-refractivity contribution in [1.82, 2.24) is 5.32 Å². The van der Waals surface area contributed by atoms with Crippen molar-refractivity contribution in [2.45, 2.75) is 33.6 Å². The van der Waals surface area contributed by atoms with E-state index in [1.807, 2.05) is 0 Å². The molecule has 1 saturated heterocycles. The van der Waals surface area contributed by atoms with E-state index >= 15 is 0 Å². The van der Waals surface area contributed by atoms with Gasteiger partial charge in [0, 0.05) is 6.54 Å². The van der Waals surface area contributed by atoms with Gasteiger partial charge in [-0.3, -0.25) is 0 Å². The Labute approximate surface area is 69.6 Å². The van der Waals surface area contributed by atoms with Gasteiger partial charge in [-0.2, -0.15) is 0 Å². The zero-order valence-corrected chi connectivity index (χ0v) is 7.91. The molecule has 0 aromatic heterocycles. The van der Waals surface area contributed by atoms with Crippen LogP contribution in [0.25, 0.3) is 0 Å². The smallest absolute Gasteiger partial charge is 0.00105 e. The third-order valence-electron chi connectivity index (χ3n) is 4.53. The maximum atomic E-state index is 3.54. The van der Waals surface area contributed by atoms with Crippen molar-refractivity contribution in [2.24, 2.45) is 16.7 Å². The Morgan fingerprint density at radius 1 is 1.27 bits per heavy atom. The molecule has 2 aliphatic rings. The second-order valence-corrected chi connectivity index (χ2v) is 5.15. The van der Waals surface area contributed by atoms with E-state index in [1.54, 1.807) is 0 Å². The van der Waals surface area contributed by atoms with Crippen LogP contribution in [0, 0.1) is 16.7 Å². The van der Waals surface area contributed by atoms with Crippen molar-refractivity contribution in [3.8, 4) is 0 Å². The molecule has 2 atom stereocenters. The number of piperidine rings is 1. The lowest BCUT2D eigenvalue weighted by Gasteiger charge is -2.46. The predicted octanol–water partition coefficient (Wildman–Crippen LogP) is 2.03. The van der Waals surface area contributed by atoms with Crippen molar-refractivity contribution in [3.63, 3.8) is 0 Å². The molecule has 1 unspecified atom stereocenters. The van der Waals surface area contributed by atoms with Gasteiger partial charge in [0.25, 0.3) is 0 Å². The SMILES string of the molecule is CC1(C)C2CC[C@]1(C)CNC2. The van der Waals surface area contributed by atoms with E-state index in [2.05, 4.69) is 26.1 Å². The summed E-state index contributed by atoms with van der Waals surface area (Å²) in [6.07, 6.45) is 2.87. The van der Waals surface area contributed by atoms with Crippen molar-refractivity contribution in [1.29, 1.82) is 0 Å². The van der Waals surface area contributed by atoms with E-state index in [9.17, 15) is 0 Å². The summed E-state index contributed by atoms with van der Waals surface area (Å²) in [5, 5.41) is 3.54. The molecule has 64 valence electrons. The van der Waals surface area contributed by atoms with Crippen molar-refractivity contribution in [3.05, 3.63) is 0 Å². The zero-order chi connectivity index (χ0) is 8.11. The van der Waals surface area contributed by atoms with Crippen LogP contribution in [0.5, 0.6) is 0 Å². The second kappa shape index (κ2) is 2.01. The van der Waals surface area contributed by atoms with Crippen LogP contribution in [-0.2, 0) is 0 Å². The van der Waals surface area contributed by atoms with Gasteiger partial charge in [0.05, 0.1) is 0 Å². The van der Waals surface area contributed by atoms with E-state index in [4.69, 9.17) is 0 Å². The molecule has 1 saturated carbocycles. The highest BCUT2D eigenvalue weighted by molar-refractivity contribution is 5.04. The fourth-order valence-corrected chi connectivity index (χ4v) is 2.86. The largest absolute Gasteiger partial charge is 0.316 e. The number of fused-ring (bicyclic) bond motifs is 2. The Kier molecular flexibility index (Phi) is 1.39. The molecule has 1 nitrogen and oxygen atoms in total. The lowest BCUT2D eigenvalue weighted by Crippen LogP contribution is -2.49. The Bertz CT molecular complexity index is 167. The average Bonchev–Trinajstić information content (AvgIpc) is 2.17. The van der Waals surface area contributed by atoms with Crippen LogP contribution in [-0.4, -0.2) is 13.1 Å². The molecular weight excluding hydrogens is 134 g/mol. The zero-order valence-electron chi connectivity index (χ0n) is 7.91. The molecule has 2 bridgehead atoms. The summed E-state index contributed by atoms with van der Waals surface area (Å²) in [7, 11) is 0. The Morgan fingerprint density at radius 3 is 2.55 bits per heavy atom. The number of hydrogen-bond donors (Lipinski definition) is 1. The van der Waals surface area contributed by atoms with Gasteiger partial charge < -0.3 is 5.32 Å². The van der Waals surface area contributed by atoms with E-state index in [0.29, 0.717) is 10.8 Å². The van der Waals surface area contributed by atoms with Gasteiger partial charge in [-0.15, -0.1) is 0 Å². The first-order valence-corrected chi connectivity index (χ1v) is 4.77. The molecule has 11 heavy (non-hydrogen) atoms. The fraction of sp³-hybridized carbons (Fsp3) is 1.00. The number of nitrogens with one attached hydrogen (secondary N) is 1. The lowest BCUT2D eigenvalue weighted by molar-refractivity contribution is 0.0546. The summed E-state index contributed by atoms with van der Waals surface area (Å²) in [6.45, 7) is 9.83. The van der Waals surface area contributed by atoms with E-state index in [-0.39, 0.29) is 0 Å². The van der Waals surface area contributed by atoms with Crippen LogP contribution in [0.2, 0.25) is 0 Å². The summed E-state index contributed by atoms with van der Waals surface area (Å²) >= 11 is 0. The first-order valence-electron chi connectivity index (χ1n) is 4.77. The van der Waals surface area contributed by atoms with Crippen molar-refractivity contribution < 1.29 is 0 Å². The molecule has 1 heteroatoms. The normalized spacial score (nSPS) is 47.7. The van der Waals surface area contributed by atoms with Gasteiger partial charge in [-0.25, -0.2) is 0 Å². The minimum atomic E-state index is 0.579. The minimum absolute atomic E-state index is 0.579. The maximum Gasteiger partial charge on any atom is 0.00105 e. The highest BCUT2D eigenvalue weighted by atomic mass is 14.9. The summed E-state index contributed by atoms with van der Waals surface area (Å²) in [5.41, 5.74) is 1.16. The Hall–Kier alpha value is -0.0400. The standard InChI is InChI=1S/C10H19N/c1-9(2)8-4-5-10(9,3)7-11-6-8/h8,11H,4-7H2,1-3H3/t8?,10-/m1/s1. The fourth-order valence-electron chi connectivity index (χ4n) is 2.86. The van der Waals surface area contributed by atoms with Crippen molar-refractivity contribution >= 4 is 0 Å². The van der Waals surface area contributed by atoms with Crippen LogP contribution < -0.4 is 5.32 Å². The van der Waals surface area contributed by atoms with E-state index < -0.39 is 0 Å². The van der Waals surface area contributed by atoms with Crippen LogP contribution in [0.4, 0.5) is 0 Å². The molecule has 0 radical (unpaired) electrons. The van der Waals surface area contributed by atoms with Crippen molar-refractivity contribution in [2.75, 3.05) is 13.1 Å². The summed E-state index contributed by atoms with van der Waals surface area (Å²) < 4.78 is 0. The summed E-state index contributed by atoms with van der Waals surface area (Å²) in [5.74, 6) is 0.932. The first kappa shape index (κ1) is 7.60. The molecule has 1 N–H and O–H groups in total. The highest BCUT2D eigenvalue weighted by Crippen LogP contribution is 2.57. The predicted molar refractivity (Wildman–Crippen MR) is 47.5 cm³/mol. The Balaban J connectivity index is 2.33. The number of rotatable bonds is 0. The van der Waals surface area contributed by atoms with Gasteiger partial charge in [0.2, 0.25) is 0 Å². The summed E-state index contributed by atoms with van der Waals surface area (Å²) in [6, 6.07) is 0. The Morgan fingerprint density at radius 2 is 2.00 bits per heavy atom. The van der Waals surface area contributed by atoms with Gasteiger partial charge in [-0.1, -0.05) is 20.8 Å². The quantitative estimate of drug-likeness (QED) is 0.561. The van der Waals surface area contributed by atoms with Gasteiger partial charge in [0.1, 0.15) is 0 Å². The number of hydrogen-bond acceptors (Lipinski definition) is 1. The maximum absolute atomic E-state index is 3.54. The third kappa shape index (κ3) is 0.807. The molecule has 2 rings (SSSR count). The molecule has 0 aromatic rings. The molecule has 0 spiro atoms. The molecular formula is C10H19N. The summed E-state index contributed by atoms with van der Waals surface area (Å²) in [4.78, 5) is 0. The molecule has 2 fully saturated rings. The van der Waals surface area contributed by atoms with Gasteiger partial charge >= 0.3 is 0 Å². The van der Waals surface area contributed by atoms with E-state index in [0.717, 1.165) is 5.92 Å².